The molecule has 1 saturated carbocycles. The molecule has 2 aliphatic rings. The Morgan fingerprint density at radius 3 is 2.70 bits per heavy atom. The Balaban J connectivity index is 1.62. The normalized spacial score (nSPS) is 28.2. The van der Waals surface area contributed by atoms with Gasteiger partial charge in [0, 0.05) is 30.2 Å². The number of aromatic nitrogens is 1. The number of methoxy groups -OCH3 is 1. The molecule has 4 nitrogen and oxygen atoms in total. The topological polar surface area (TPSA) is 37.5 Å². The molecule has 0 bridgehead atoms. The zero-order valence-corrected chi connectivity index (χ0v) is 16.7. The number of aromatic amines is 1. The number of benzene rings is 1. The number of H-pyrrole nitrogens is 1. The van der Waals surface area contributed by atoms with E-state index < -0.39 is 0 Å². The van der Waals surface area contributed by atoms with Crippen LogP contribution in [0.3, 0.4) is 0 Å². The van der Waals surface area contributed by atoms with Crippen molar-refractivity contribution in [3.63, 3.8) is 0 Å². The number of fused-ring (bicyclic) bond motifs is 4. The van der Waals surface area contributed by atoms with Gasteiger partial charge in [-0.05, 0) is 82.8 Å². The molecule has 1 spiro atoms. The highest BCUT2D eigenvalue weighted by Gasteiger charge is 2.48. The summed E-state index contributed by atoms with van der Waals surface area (Å²) in [4.78, 5) is 5.99. The van der Waals surface area contributed by atoms with Crippen LogP contribution in [0.25, 0.3) is 10.9 Å². The number of nitrogens with zero attached hydrogens (tertiary/aromatic N) is 1. The summed E-state index contributed by atoms with van der Waals surface area (Å²) in [5, 5.41) is 1.03. The molecule has 2 aromatic rings. The molecule has 0 amide bonds. The molecular weight excluding hydrogens is 343 g/mol. The van der Waals surface area contributed by atoms with Gasteiger partial charge in [0.05, 0.1) is 12.3 Å². The van der Waals surface area contributed by atoms with Crippen molar-refractivity contribution in [1.29, 1.82) is 0 Å². The van der Waals surface area contributed by atoms with Gasteiger partial charge in [0.15, 0.2) is 0 Å². The van der Waals surface area contributed by atoms with Crippen LogP contribution >= 0.6 is 0 Å². The zero-order valence-electron chi connectivity index (χ0n) is 16.7. The average Bonchev–Trinajstić information content (AvgIpc) is 3.03. The molecule has 1 aromatic heterocycles. The van der Waals surface area contributed by atoms with Crippen LogP contribution in [0.15, 0.2) is 18.2 Å². The van der Waals surface area contributed by atoms with Crippen molar-refractivity contribution in [2.45, 2.75) is 56.1 Å². The van der Waals surface area contributed by atoms with Gasteiger partial charge >= 0.3 is 0 Å². The van der Waals surface area contributed by atoms with Crippen LogP contribution in [0.2, 0.25) is 0 Å². The van der Waals surface area contributed by atoms with Gasteiger partial charge in [-0.3, -0.25) is 0 Å². The standard InChI is InChI=1S/C22H31FN2O2/c1-25(2)21(8-4-13-26-3)9-11-22(12-10-21)20-17(7-14-27-22)18-15-16(23)5-6-19(18)24-20/h5-6,15,24H,4,7-14H2,1-3H3. The summed E-state index contributed by atoms with van der Waals surface area (Å²) in [5.74, 6) is -0.168. The first-order valence-corrected chi connectivity index (χ1v) is 10.1. The van der Waals surface area contributed by atoms with Crippen molar-refractivity contribution in [3.05, 3.63) is 35.3 Å². The summed E-state index contributed by atoms with van der Waals surface area (Å²) in [7, 11) is 6.17. The molecule has 4 rings (SSSR count). The lowest BCUT2D eigenvalue weighted by molar-refractivity contribution is -0.113. The second kappa shape index (κ2) is 7.19. The van der Waals surface area contributed by atoms with Crippen molar-refractivity contribution < 1.29 is 13.9 Å². The number of nitrogens with one attached hydrogen (secondary N) is 1. The van der Waals surface area contributed by atoms with E-state index in [-0.39, 0.29) is 17.0 Å². The highest BCUT2D eigenvalue weighted by molar-refractivity contribution is 5.85. The van der Waals surface area contributed by atoms with Crippen LogP contribution in [-0.4, -0.2) is 49.8 Å². The summed E-state index contributed by atoms with van der Waals surface area (Å²) in [6, 6.07) is 5.06. The number of ether oxygens (including phenoxy) is 2. The fourth-order valence-corrected chi connectivity index (χ4v) is 5.27. The molecule has 0 radical (unpaired) electrons. The van der Waals surface area contributed by atoms with Crippen LogP contribution in [0, 0.1) is 5.82 Å². The Morgan fingerprint density at radius 1 is 1.22 bits per heavy atom. The third-order valence-corrected chi connectivity index (χ3v) is 6.98. The summed E-state index contributed by atoms with van der Waals surface area (Å²) in [5.41, 5.74) is 3.44. The molecule has 2 heterocycles. The highest BCUT2D eigenvalue weighted by Crippen LogP contribution is 2.50. The number of rotatable bonds is 5. The molecule has 1 aliphatic carbocycles. The molecular formula is C22H31FN2O2. The number of halogens is 1. The Hall–Kier alpha value is -1.43. The predicted octanol–water partition coefficient (Wildman–Crippen LogP) is 4.38. The van der Waals surface area contributed by atoms with Crippen LogP contribution < -0.4 is 0 Å². The summed E-state index contributed by atoms with van der Waals surface area (Å²) < 4.78 is 25.5. The fraction of sp³-hybridized carbons (Fsp3) is 0.636. The SMILES string of the molecule is COCCCC1(N(C)C)CCC2(CC1)OCCc1c2[nH]c2ccc(F)cc12. The maximum Gasteiger partial charge on any atom is 0.123 e. The molecule has 0 atom stereocenters. The molecule has 27 heavy (non-hydrogen) atoms. The second-order valence-corrected chi connectivity index (χ2v) is 8.48. The maximum absolute atomic E-state index is 13.8. The van der Waals surface area contributed by atoms with E-state index in [1.165, 1.54) is 17.3 Å². The van der Waals surface area contributed by atoms with Gasteiger partial charge in [-0.25, -0.2) is 4.39 Å². The predicted molar refractivity (Wildman–Crippen MR) is 106 cm³/mol. The molecule has 0 saturated heterocycles. The van der Waals surface area contributed by atoms with Gasteiger partial charge in [0.1, 0.15) is 11.4 Å². The van der Waals surface area contributed by atoms with E-state index >= 15 is 0 Å². The van der Waals surface area contributed by atoms with Gasteiger partial charge in [-0.1, -0.05) is 0 Å². The number of hydrogen-bond acceptors (Lipinski definition) is 3. The summed E-state index contributed by atoms with van der Waals surface area (Å²) >= 11 is 0. The average molecular weight is 374 g/mol. The molecule has 5 heteroatoms. The van der Waals surface area contributed by atoms with E-state index in [2.05, 4.69) is 24.0 Å². The molecule has 1 aromatic carbocycles. The minimum absolute atomic E-state index is 0.168. The van der Waals surface area contributed by atoms with Crippen molar-refractivity contribution in [3.8, 4) is 0 Å². The van der Waals surface area contributed by atoms with Crippen LogP contribution in [0.5, 0.6) is 0 Å². The monoisotopic (exact) mass is 374 g/mol. The minimum Gasteiger partial charge on any atom is -0.385 e. The van der Waals surface area contributed by atoms with Gasteiger partial charge in [-0.2, -0.15) is 0 Å². The lowest BCUT2D eigenvalue weighted by Gasteiger charge is -2.50. The van der Waals surface area contributed by atoms with Crippen LogP contribution in [0.4, 0.5) is 4.39 Å². The fourth-order valence-electron chi connectivity index (χ4n) is 5.27. The van der Waals surface area contributed by atoms with Gasteiger partial charge in [0.25, 0.3) is 0 Å². The van der Waals surface area contributed by atoms with Gasteiger partial charge < -0.3 is 19.4 Å². The lowest BCUT2D eigenvalue weighted by Crippen LogP contribution is -2.52. The van der Waals surface area contributed by atoms with Crippen LogP contribution in [-0.2, 0) is 21.5 Å². The Labute approximate surface area is 161 Å². The summed E-state index contributed by atoms with van der Waals surface area (Å²) in [6.07, 6.45) is 7.29. The van der Waals surface area contributed by atoms with E-state index in [9.17, 15) is 4.39 Å². The lowest BCUT2D eigenvalue weighted by atomic mass is 9.69. The first kappa shape index (κ1) is 18.9. The first-order chi connectivity index (χ1) is 13.0. The quantitative estimate of drug-likeness (QED) is 0.790. The third-order valence-electron chi connectivity index (χ3n) is 6.98. The van der Waals surface area contributed by atoms with Crippen molar-refractivity contribution in [2.75, 3.05) is 34.4 Å². The van der Waals surface area contributed by atoms with Crippen molar-refractivity contribution >= 4 is 10.9 Å². The van der Waals surface area contributed by atoms with E-state index in [0.717, 1.165) is 69.1 Å². The highest BCUT2D eigenvalue weighted by atomic mass is 19.1. The minimum atomic E-state index is -0.246. The molecule has 1 N–H and O–H groups in total. The molecule has 148 valence electrons. The molecule has 1 aliphatic heterocycles. The zero-order chi connectivity index (χ0) is 19.1. The van der Waals surface area contributed by atoms with Crippen molar-refractivity contribution in [2.24, 2.45) is 0 Å². The van der Waals surface area contributed by atoms with E-state index in [0.29, 0.717) is 0 Å². The smallest absolute Gasteiger partial charge is 0.123 e. The van der Waals surface area contributed by atoms with E-state index in [1.807, 2.05) is 6.07 Å². The molecule has 1 fully saturated rings. The maximum atomic E-state index is 13.8. The van der Waals surface area contributed by atoms with Gasteiger partial charge in [0.2, 0.25) is 0 Å². The van der Waals surface area contributed by atoms with Crippen LogP contribution in [0.1, 0.15) is 49.8 Å². The molecule has 0 unspecified atom stereocenters. The second-order valence-electron chi connectivity index (χ2n) is 8.48. The van der Waals surface area contributed by atoms with E-state index in [1.54, 1.807) is 13.2 Å². The largest absolute Gasteiger partial charge is 0.385 e. The van der Waals surface area contributed by atoms with Gasteiger partial charge in [-0.15, -0.1) is 0 Å². The Kier molecular flexibility index (Phi) is 5.04. The van der Waals surface area contributed by atoms with Crippen molar-refractivity contribution in [1.82, 2.24) is 9.88 Å². The third kappa shape index (κ3) is 3.20. The summed E-state index contributed by atoms with van der Waals surface area (Å²) in [6.45, 7) is 1.53. The first-order valence-electron chi connectivity index (χ1n) is 10.1. The Morgan fingerprint density at radius 2 is 2.00 bits per heavy atom. The Bertz CT molecular complexity index is 806. The number of hydrogen-bond donors (Lipinski definition) is 1. The van der Waals surface area contributed by atoms with E-state index in [4.69, 9.17) is 9.47 Å².